The second kappa shape index (κ2) is 12.5. The molecule has 0 spiro atoms. The topological polar surface area (TPSA) is 96.2 Å². The Morgan fingerprint density at radius 3 is 2.65 bits per heavy atom. The predicted octanol–water partition coefficient (Wildman–Crippen LogP) is 4.54. The molecular weight excluding hydrogens is 466 g/mol. The monoisotopic (exact) mass is 505 g/mol. The second-order valence-electron chi connectivity index (χ2n) is 9.78. The molecule has 4 rings (SSSR count). The summed E-state index contributed by atoms with van der Waals surface area (Å²) in [6.45, 7) is 13.5. The van der Waals surface area contributed by atoms with Gasteiger partial charge < -0.3 is 19.7 Å². The molecular formula is C28H39N7O2. The summed E-state index contributed by atoms with van der Waals surface area (Å²) in [6.07, 6.45) is 11.3. The molecule has 9 heteroatoms. The lowest BCUT2D eigenvalue weighted by Gasteiger charge is -2.31. The van der Waals surface area contributed by atoms with E-state index in [0.29, 0.717) is 30.5 Å². The van der Waals surface area contributed by atoms with Crippen LogP contribution in [-0.2, 0) is 19.4 Å². The molecule has 0 saturated heterocycles. The second-order valence-corrected chi connectivity index (χ2v) is 9.78. The highest BCUT2D eigenvalue weighted by Gasteiger charge is 2.24. The molecule has 3 amide bonds. The highest BCUT2D eigenvalue weighted by Crippen LogP contribution is 2.28. The molecule has 4 heterocycles. The minimum absolute atomic E-state index is 0.0409. The van der Waals surface area contributed by atoms with Gasteiger partial charge in [0.1, 0.15) is 11.5 Å². The fourth-order valence-electron chi connectivity index (χ4n) is 4.34. The zero-order chi connectivity index (χ0) is 27.1. The number of hydrogen-bond acceptors (Lipinski definition) is 5. The molecule has 1 N–H and O–H groups in total. The number of hydrogen-bond donors (Lipinski definition) is 1. The number of rotatable bonds is 5. The first-order valence-corrected chi connectivity index (χ1v) is 12.9. The number of fused-ring (bicyclic) bond motifs is 2. The first kappa shape index (κ1) is 27.8. The fraction of sp³-hybridized carbons (Fsp3) is 0.464. The molecule has 0 aromatic carbocycles. The standard InChI is InChI=1S/C25H31N7O2.C3H8/c1-16(23-29-28-22-10-9-18(3)32(22)23)7-6-8-17(2)27-24(33)21-13-20-15-31(25(34)30(4)5)12-11-19(20)14-26-21;1-3-2/h6-8,13-14,18H,2,9-12,15H2,1,3-5H3,(H,27,33);3H2,1-2H3/b8-6-,16-7+;. The van der Waals surface area contributed by atoms with Gasteiger partial charge >= 0.3 is 6.03 Å². The van der Waals surface area contributed by atoms with Gasteiger partial charge in [-0.3, -0.25) is 9.78 Å². The average Bonchev–Trinajstić information content (AvgIpc) is 3.46. The van der Waals surface area contributed by atoms with E-state index >= 15 is 0 Å². The van der Waals surface area contributed by atoms with Crippen molar-refractivity contribution in [1.82, 2.24) is 34.9 Å². The molecule has 37 heavy (non-hydrogen) atoms. The Balaban J connectivity index is 0.00000121. The molecule has 0 radical (unpaired) electrons. The number of aryl methyl sites for hydroxylation is 1. The van der Waals surface area contributed by atoms with E-state index in [1.807, 2.05) is 19.1 Å². The molecule has 0 saturated carbocycles. The van der Waals surface area contributed by atoms with Crippen molar-refractivity contribution in [2.75, 3.05) is 20.6 Å². The molecule has 1 unspecified atom stereocenters. The minimum atomic E-state index is -0.335. The normalized spacial score (nSPS) is 16.5. The molecule has 9 nitrogen and oxygen atoms in total. The molecule has 198 valence electrons. The average molecular weight is 506 g/mol. The Morgan fingerprint density at radius 1 is 1.22 bits per heavy atom. The van der Waals surface area contributed by atoms with Crippen LogP contribution in [-0.4, -0.2) is 62.1 Å². The third kappa shape index (κ3) is 6.72. The van der Waals surface area contributed by atoms with Crippen LogP contribution in [0.2, 0.25) is 0 Å². The maximum atomic E-state index is 12.7. The minimum Gasteiger partial charge on any atom is -0.331 e. The Kier molecular flexibility index (Phi) is 9.38. The van der Waals surface area contributed by atoms with Crippen LogP contribution < -0.4 is 5.32 Å². The lowest BCUT2D eigenvalue weighted by atomic mass is 10.0. The summed E-state index contributed by atoms with van der Waals surface area (Å²) in [5.41, 5.74) is 3.76. The van der Waals surface area contributed by atoms with Crippen molar-refractivity contribution in [2.24, 2.45) is 0 Å². The smallest absolute Gasteiger partial charge is 0.319 e. The van der Waals surface area contributed by atoms with E-state index in [1.165, 1.54) is 6.42 Å². The first-order chi connectivity index (χ1) is 17.7. The predicted molar refractivity (Wildman–Crippen MR) is 146 cm³/mol. The highest BCUT2D eigenvalue weighted by molar-refractivity contribution is 5.94. The van der Waals surface area contributed by atoms with E-state index in [1.54, 1.807) is 42.2 Å². The van der Waals surface area contributed by atoms with Gasteiger partial charge in [-0.1, -0.05) is 39.0 Å². The number of allylic oxidation sites excluding steroid dienone is 4. The summed E-state index contributed by atoms with van der Waals surface area (Å²) in [7, 11) is 3.47. The lowest BCUT2D eigenvalue weighted by Crippen LogP contribution is -2.42. The van der Waals surface area contributed by atoms with E-state index in [4.69, 9.17) is 0 Å². The zero-order valence-corrected chi connectivity index (χ0v) is 22.9. The number of aromatic nitrogens is 4. The van der Waals surface area contributed by atoms with Gasteiger partial charge in [-0.2, -0.15) is 0 Å². The zero-order valence-electron chi connectivity index (χ0n) is 22.9. The lowest BCUT2D eigenvalue weighted by molar-refractivity contribution is 0.0962. The highest BCUT2D eigenvalue weighted by atomic mass is 16.2. The van der Waals surface area contributed by atoms with Gasteiger partial charge in [0.05, 0.1) is 0 Å². The number of urea groups is 1. The fourth-order valence-corrected chi connectivity index (χ4v) is 4.34. The molecule has 1 atom stereocenters. The Labute approximate surface area is 220 Å². The summed E-state index contributed by atoms with van der Waals surface area (Å²) in [5, 5.41) is 11.4. The summed E-state index contributed by atoms with van der Waals surface area (Å²) in [5.74, 6) is 1.57. The van der Waals surface area contributed by atoms with Crippen molar-refractivity contribution in [2.45, 2.75) is 66.0 Å². The number of amides is 3. The van der Waals surface area contributed by atoms with Crippen LogP contribution in [0, 0.1) is 0 Å². The van der Waals surface area contributed by atoms with Gasteiger partial charge in [-0.05, 0) is 55.5 Å². The van der Waals surface area contributed by atoms with Crippen molar-refractivity contribution >= 4 is 17.5 Å². The molecule has 2 aromatic rings. The molecule has 2 aliphatic rings. The molecule has 0 fully saturated rings. The van der Waals surface area contributed by atoms with Crippen molar-refractivity contribution < 1.29 is 9.59 Å². The molecule has 2 aromatic heterocycles. The molecule has 2 aliphatic heterocycles. The van der Waals surface area contributed by atoms with Crippen LogP contribution in [0.1, 0.15) is 79.8 Å². The van der Waals surface area contributed by atoms with Crippen LogP contribution in [0.5, 0.6) is 0 Å². The number of carbonyl (C=O) groups is 2. The Hall–Kier alpha value is -3.75. The molecule has 0 bridgehead atoms. The van der Waals surface area contributed by atoms with Crippen LogP contribution in [0.25, 0.3) is 5.57 Å². The number of carbonyl (C=O) groups excluding carboxylic acids is 2. The third-order valence-electron chi connectivity index (χ3n) is 6.24. The van der Waals surface area contributed by atoms with Crippen molar-refractivity contribution in [1.29, 1.82) is 0 Å². The Bertz CT molecular complexity index is 1210. The van der Waals surface area contributed by atoms with Gasteiger partial charge in [-0.25, -0.2) is 4.79 Å². The van der Waals surface area contributed by atoms with Crippen molar-refractivity contribution in [3.63, 3.8) is 0 Å². The van der Waals surface area contributed by atoms with E-state index in [-0.39, 0.29) is 11.9 Å². The van der Waals surface area contributed by atoms with E-state index in [9.17, 15) is 9.59 Å². The van der Waals surface area contributed by atoms with E-state index < -0.39 is 0 Å². The van der Waals surface area contributed by atoms with Gasteiger partial charge in [0.15, 0.2) is 5.82 Å². The van der Waals surface area contributed by atoms with Gasteiger partial charge in [-0.15, -0.1) is 10.2 Å². The van der Waals surface area contributed by atoms with Crippen LogP contribution >= 0.6 is 0 Å². The first-order valence-electron chi connectivity index (χ1n) is 12.9. The molecule has 0 aliphatic carbocycles. The van der Waals surface area contributed by atoms with Crippen molar-refractivity contribution in [3.05, 3.63) is 71.2 Å². The van der Waals surface area contributed by atoms with Gasteiger partial charge in [0.2, 0.25) is 0 Å². The van der Waals surface area contributed by atoms with Gasteiger partial charge in [0.25, 0.3) is 5.91 Å². The SMILES string of the molecule is C=C(/C=C\C=C(/C)c1nnc2n1C(C)CC2)NC(=O)c1cc2c(cn1)CCN(C(=O)N(C)C)C2.CCC. The number of nitrogens with zero attached hydrogens (tertiary/aromatic N) is 6. The van der Waals surface area contributed by atoms with E-state index in [0.717, 1.165) is 47.6 Å². The van der Waals surface area contributed by atoms with Crippen LogP contribution in [0.3, 0.4) is 0 Å². The van der Waals surface area contributed by atoms with E-state index in [2.05, 4.69) is 52.4 Å². The maximum absolute atomic E-state index is 12.7. The number of nitrogens with one attached hydrogen (secondary N) is 1. The summed E-state index contributed by atoms with van der Waals surface area (Å²) >= 11 is 0. The number of pyridine rings is 1. The van der Waals surface area contributed by atoms with Crippen molar-refractivity contribution in [3.8, 4) is 0 Å². The largest absolute Gasteiger partial charge is 0.331 e. The van der Waals surface area contributed by atoms with Gasteiger partial charge in [0, 0.05) is 51.5 Å². The van der Waals surface area contributed by atoms with Crippen LogP contribution in [0.4, 0.5) is 4.79 Å². The third-order valence-corrected chi connectivity index (χ3v) is 6.24. The summed E-state index contributed by atoms with van der Waals surface area (Å²) < 4.78 is 2.19. The Morgan fingerprint density at radius 2 is 1.95 bits per heavy atom. The summed E-state index contributed by atoms with van der Waals surface area (Å²) in [4.78, 5) is 32.6. The maximum Gasteiger partial charge on any atom is 0.319 e. The quantitative estimate of drug-likeness (QED) is 0.602. The van der Waals surface area contributed by atoms with Crippen LogP contribution in [0.15, 0.2) is 42.8 Å². The summed E-state index contributed by atoms with van der Waals surface area (Å²) in [6, 6.07) is 2.12.